The monoisotopic (exact) mass is 257 g/mol. The zero-order chi connectivity index (χ0) is 13.1. The number of para-hydroxylation sites is 1. The van der Waals surface area contributed by atoms with Crippen molar-refractivity contribution < 1.29 is 13.6 Å². The van der Waals surface area contributed by atoms with Gasteiger partial charge in [-0.1, -0.05) is 12.1 Å². The van der Waals surface area contributed by atoms with E-state index < -0.39 is 0 Å². The van der Waals surface area contributed by atoms with Gasteiger partial charge in [0.05, 0.1) is 18.8 Å². The van der Waals surface area contributed by atoms with Crippen LogP contribution in [0.15, 0.2) is 58.0 Å². The van der Waals surface area contributed by atoms with E-state index in [2.05, 4.69) is 0 Å². The summed E-state index contributed by atoms with van der Waals surface area (Å²) in [7, 11) is 0. The number of hydrogen-bond donors (Lipinski definition) is 1. The maximum absolute atomic E-state index is 6.04. The third-order valence-electron chi connectivity index (χ3n) is 3.06. The lowest BCUT2D eigenvalue weighted by atomic mass is 10.1. The average molecular weight is 257 g/mol. The van der Waals surface area contributed by atoms with Crippen LogP contribution in [0.5, 0.6) is 5.75 Å². The van der Waals surface area contributed by atoms with Crippen molar-refractivity contribution in [3.8, 4) is 5.75 Å². The quantitative estimate of drug-likeness (QED) is 0.760. The molecule has 0 aliphatic rings. The molecule has 0 fully saturated rings. The molecule has 3 aromatic rings. The van der Waals surface area contributed by atoms with Gasteiger partial charge >= 0.3 is 0 Å². The molecule has 0 amide bonds. The minimum Gasteiger partial charge on any atom is -0.482 e. The fourth-order valence-corrected chi connectivity index (χ4v) is 2.11. The van der Waals surface area contributed by atoms with Crippen molar-refractivity contribution in [1.82, 2.24) is 0 Å². The van der Waals surface area contributed by atoms with E-state index in [1.165, 1.54) is 0 Å². The molecule has 0 spiro atoms. The molecule has 19 heavy (non-hydrogen) atoms. The van der Waals surface area contributed by atoms with E-state index in [4.69, 9.17) is 19.3 Å². The smallest absolute Gasteiger partial charge is 0.175 e. The Balaban J connectivity index is 1.91. The highest BCUT2D eigenvalue weighted by molar-refractivity contribution is 5.82. The van der Waals surface area contributed by atoms with Crippen LogP contribution in [0.1, 0.15) is 18.1 Å². The number of rotatable bonds is 5. The van der Waals surface area contributed by atoms with E-state index in [9.17, 15) is 0 Å². The van der Waals surface area contributed by atoms with Gasteiger partial charge in [0.15, 0.2) is 11.3 Å². The maximum atomic E-state index is 6.04. The molecule has 2 heterocycles. The summed E-state index contributed by atoms with van der Waals surface area (Å²) < 4.78 is 16.6. The van der Waals surface area contributed by atoms with E-state index in [0.717, 1.165) is 28.7 Å². The van der Waals surface area contributed by atoms with Crippen molar-refractivity contribution in [3.05, 3.63) is 54.7 Å². The predicted octanol–water partition coefficient (Wildman–Crippen LogP) is 3.49. The van der Waals surface area contributed by atoms with Crippen LogP contribution in [0.3, 0.4) is 0 Å². The molecule has 1 aromatic carbocycles. The molecule has 0 bridgehead atoms. The Labute approximate surface area is 110 Å². The van der Waals surface area contributed by atoms with E-state index in [-0.39, 0.29) is 6.10 Å². The molecule has 0 saturated carbocycles. The van der Waals surface area contributed by atoms with Crippen molar-refractivity contribution in [2.75, 3.05) is 6.54 Å². The number of fused-ring (bicyclic) bond motifs is 1. The Bertz CT molecular complexity index is 642. The van der Waals surface area contributed by atoms with Crippen LogP contribution in [-0.4, -0.2) is 6.54 Å². The molecule has 1 atom stereocenters. The Morgan fingerprint density at radius 1 is 1.16 bits per heavy atom. The molecule has 0 radical (unpaired) electrons. The van der Waals surface area contributed by atoms with Crippen LogP contribution in [0.25, 0.3) is 11.0 Å². The Hall–Kier alpha value is -2.20. The molecular formula is C15H15NO3. The van der Waals surface area contributed by atoms with Crippen LogP contribution in [0.4, 0.5) is 0 Å². The lowest BCUT2D eigenvalue weighted by Gasteiger charge is -2.17. The summed E-state index contributed by atoms with van der Waals surface area (Å²) in [6.07, 6.45) is 5.57. The molecular weight excluding hydrogens is 242 g/mol. The summed E-state index contributed by atoms with van der Waals surface area (Å²) >= 11 is 0. The fourth-order valence-electron chi connectivity index (χ4n) is 2.11. The Kier molecular flexibility index (Phi) is 3.25. The summed E-state index contributed by atoms with van der Waals surface area (Å²) in [6.45, 7) is 0.546. The zero-order valence-corrected chi connectivity index (χ0v) is 10.4. The summed E-state index contributed by atoms with van der Waals surface area (Å²) in [5.41, 5.74) is 7.39. The van der Waals surface area contributed by atoms with Crippen LogP contribution >= 0.6 is 0 Å². The van der Waals surface area contributed by atoms with E-state index in [0.29, 0.717) is 6.54 Å². The summed E-state index contributed by atoms with van der Waals surface area (Å²) in [4.78, 5) is 0. The van der Waals surface area contributed by atoms with Crippen LogP contribution in [0, 0.1) is 0 Å². The van der Waals surface area contributed by atoms with Gasteiger partial charge in [0.2, 0.25) is 0 Å². The number of furan rings is 2. The number of nitrogens with two attached hydrogens (primary N) is 1. The second kappa shape index (κ2) is 5.20. The first kappa shape index (κ1) is 11.9. The van der Waals surface area contributed by atoms with Gasteiger partial charge in [-0.25, -0.2) is 0 Å². The van der Waals surface area contributed by atoms with E-state index in [1.54, 1.807) is 18.8 Å². The lowest BCUT2D eigenvalue weighted by Crippen LogP contribution is -2.12. The highest BCUT2D eigenvalue weighted by atomic mass is 16.5. The lowest BCUT2D eigenvalue weighted by molar-refractivity contribution is 0.197. The fraction of sp³-hybridized carbons (Fsp3) is 0.200. The second-order valence-corrected chi connectivity index (χ2v) is 4.34. The molecule has 2 aromatic heterocycles. The zero-order valence-electron chi connectivity index (χ0n) is 10.4. The molecule has 4 heteroatoms. The summed E-state index contributed by atoms with van der Waals surface area (Å²) in [5.74, 6) is 0.724. The minimum absolute atomic E-state index is 0.126. The maximum Gasteiger partial charge on any atom is 0.175 e. The van der Waals surface area contributed by atoms with Crippen molar-refractivity contribution in [1.29, 1.82) is 0 Å². The highest BCUT2D eigenvalue weighted by Gasteiger charge is 2.16. The van der Waals surface area contributed by atoms with Crippen molar-refractivity contribution in [2.24, 2.45) is 5.73 Å². The van der Waals surface area contributed by atoms with Gasteiger partial charge in [0.1, 0.15) is 6.10 Å². The molecule has 0 unspecified atom stereocenters. The SMILES string of the molecule is NCC[C@H](Oc1cccc2ccoc12)c1ccoc1. The normalized spacial score (nSPS) is 12.7. The predicted molar refractivity (Wildman–Crippen MR) is 72.0 cm³/mol. The topological polar surface area (TPSA) is 61.5 Å². The van der Waals surface area contributed by atoms with Crippen LogP contribution < -0.4 is 10.5 Å². The van der Waals surface area contributed by atoms with Gasteiger partial charge in [-0.3, -0.25) is 0 Å². The molecule has 0 aliphatic heterocycles. The highest BCUT2D eigenvalue weighted by Crippen LogP contribution is 2.31. The molecule has 2 N–H and O–H groups in total. The first-order valence-corrected chi connectivity index (χ1v) is 6.23. The van der Waals surface area contributed by atoms with Crippen LogP contribution in [0.2, 0.25) is 0 Å². The van der Waals surface area contributed by atoms with Gasteiger partial charge in [0, 0.05) is 17.4 Å². The third-order valence-corrected chi connectivity index (χ3v) is 3.06. The standard InChI is InChI=1S/C15H15NO3/c16-7-4-13(12-5-8-17-10-12)19-14-3-1-2-11-6-9-18-15(11)14/h1-3,5-6,8-10,13H,4,7,16H2/t13-/m0/s1. The molecule has 3 rings (SSSR count). The number of benzene rings is 1. The summed E-state index contributed by atoms with van der Waals surface area (Å²) in [5, 5.41) is 1.02. The third kappa shape index (κ3) is 2.35. The summed E-state index contributed by atoms with van der Waals surface area (Å²) in [6, 6.07) is 9.64. The second-order valence-electron chi connectivity index (χ2n) is 4.34. The Morgan fingerprint density at radius 2 is 2.11 bits per heavy atom. The number of ether oxygens (including phenoxy) is 1. The molecule has 0 aliphatic carbocycles. The average Bonchev–Trinajstić information content (AvgIpc) is 3.10. The van der Waals surface area contributed by atoms with Gasteiger partial charge < -0.3 is 19.3 Å². The van der Waals surface area contributed by atoms with Crippen molar-refractivity contribution in [3.63, 3.8) is 0 Å². The Morgan fingerprint density at radius 3 is 2.89 bits per heavy atom. The van der Waals surface area contributed by atoms with Crippen molar-refractivity contribution >= 4 is 11.0 Å². The molecule has 98 valence electrons. The first-order valence-electron chi connectivity index (χ1n) is 6.23. The van der Waals surface area contributed by atoms with Gasteiger partial charge in [-0.15, -0.1) is 0 Å². The number of hydrogen-bond acceptors (Lipinski definition) is 4. The van der Waals surface area contributed by atoms with Gasteiger partial charge in [-0.05, 0) is 24.7 Å². The molecule has 4 nitrogen and oxygen atoms in total. The van der Waals surface area contributed by atoms with Crippen LogP contribution in [-0.2, 0) is 0 Å². The minimum atomic E-state index is -0.126. The first-order chi connectivity index (χ1) is 9.38. The largest absolute Gasteiger partial charge is 0.482 e. The van der Waals surface area contributed by atoms with Gasteiger partial charge in [0.25, 0.3) is 0 Å². The van der Waals surface area contributed by atoms with Crippen molar-refractivity contribution in [2.45, 2.75) is 12.5 Å². The van der Waals surface area contributed by atoms with E-state index >= 15 is 0 Å². The van der Waals surface area contributed by atoms with E-state index in [1.807, 2.05) is 30.3 Å². The van der Waals surface area contributed by atoms with Gasteiger partial charge in [-0.2, -0.15) is 0 Å². The molecule has 0 saturated heterocycles.